The van der Waals surface area contributed by atoms with Crippen LogP contribution in [-0.2, 0) is 9.59 Å². The molecule has 0 aromatic heterocycles. The summed E-state index contributed by atoms with van der Waals surface area (Å²) in [7, 11) is 0. The standard InChI is InChI=1S/C15H25NO3/c1-15(2)7-3-4-12(9-15)16-13(17)10-5-6-11(8-10)14(18)19/h10-12H,3-9H2,1-2H3,(H,16,17)(H,18,19). The van der Waals surface area contributed by atoms with Crippen LogP contribution in [0.3, 0.4) is 0 Å². The quantitative estimate of drug-likeness (QED) is 0.826. The van der Waals surface area contributed by atoms with Gasteiger partial charge in [0.1, 0.15) is 0 Å². The molecule has 0 saturated heterocycles. The van der Waals surface area contributed by atoms with Crippen molar-refractivity contribution in [2.45, 2.75) is 64.8 Å². The summed E-state index contributed by atoms with van der Waals surface area (Å²) in [5.41, 5.74) is 0.315. The number of aliphatic carboxylic acids is 1. The zero-order chi connectivity index (χ0) is 14.0. The molecule has 0 aromatic carbocycles. The number of nitrogens with one attached hydrogen (secondary N) is 1. The molecule has 3 atom stereocenters. The van der Waals surface area contributed by atoms with E-state index in [1.165, 1.54) is 12.8 Å². The third-order valence-corrected chi connectivity index (χ3v) is 4.70. The predicted molar refractivity (Wildman–Crippen MR) is 72.6 cm³/mol. The summed E-state index contributed by atoms with van der Waals surface area (Å²) in [6.07, 6.45) is 6.36. The number of amides is 1. The van der Waals surface area contributed by atoms with Gasteiger partial charge in [0.25, 0.3) is 0 Å². The summed E-state index contributed by atoms with van der Waals surface area (Å²) in [6, 6.07) is 0.278. The van der Waals surface area contributed by atoms with Gasteiger partial charge in [-0.3, -0.25) is 9.59 Å². The average molecular weight is 267 g/mol. The van der Waals surface area contributed by atoms with E-state index < -0.39 is 5.97 Å². The van der Waals surface area contributed by atoms with Crippen molar-refractivity contribution in [3.63, 3.8) is 0 Å². The highest BCUT2D eigenvalue weighted by molar-refractivity contribution is 5.81. The van der Waals surface area contributed by atoms with Crippen LogP contribution in [-0.4, -0.2) is 23.0 Å². The molecule has 2 N–H and O–H groups in total. The van der Waals surface area contributed by atoms with Crippen molar-refractivity contribution in [1.82, 2.24) is 5.32 Å². The molecule has 2 rings (SSSR count). The van der Waals surface area contributed by atoms with Crippen molar-refractivity contribution in [3.05, 3.63) is 0 Å². The van der Waals surface area contributed by atoms with Gasteiger partial charge in [-0.15, -0.1) is 0 Å². The third kappa shape index (κ3) is 3.71. The monoisotopic (exact) mass is 267 g/mol. The Labute approximate surface area is 115 Å². The molecule has 0 spiro atoms. The summed E-state index contributed by atoms with van der Waals surface area (Å²) in [5.74, 6) is -1.09. The molecule has 0 aliphatic heterocycles. The van der Waals surface area contributed by atoms with Crippen molar-refractivity contribution >= 4 is 11.9 Å². The van der Waals surface area contributed by atoms with Gasteiger partial charge in [0.2, 0.25) is 5.91 Å². The van der Waals surface area contributed by atoms with Gasteiger partial charge < -0.3 is 10.4 Å². The second kappa shape index (κ2) is 5.51. The summed E-state index contributed by atoms with van der Waals surface area (Å²) in [5, 5.41) is 12.1. The highest BCUT2D eigenvalue weighted by Gasteiger charge is 2.35. The Hall–Kier alpha value is -1.06. The minimum absolute atomic E-state index is 0.0754. The molecule has 0 radical (unpaired) electrons. The van der Waals surface area contributed by atoms with E-state index in [0.29, 0.717) is 18.3 Å². The van der Waals surface area contributed by atoms with Crippen LogP contribution >= 0.6 is 0 Å². The smallest absolute Gasteiger partial charge is 0.306 e. The number of hydrogen-bond acceptors (Lipinski definition) is 2. The van der Waals surface area contributed by atoms with Crippen LogP contribution in [0.5, 0.6) is 0 Å². The SMILES string of the molecule is CC1(C)CCCC(NC(=O)C2CCC(C(=O)O)C2)C1. The topological polar surface area (TPSA) is 66.4 Å². The van der Waals surface area contributed by atoms with Gasteiger partial charge in [0, 0.05) is 12.0 Å². The number of rotatable bonds is 3. The molecule has 2 fully saturated rings. The molecule has 19 heavy (non-hydrogen) atoms. The first-order valence-corrected chi connectivity index (χ1v) is 7.40. The van der Waals surface area contributed by atoms with E-state index in [4.69, 9.17) is 5.11 Å². The summed E-state index contributed by atoms with van der Waals surface area (Å²) in [4.78, 5) is 23.1. The molecule has 4 nitrogen and oxygen atoms in total. The van der Waals surface area contributed by atoms with E-state index in [2.05, 4.69) is 19.2 Å². The number of hydrogen-bond donors (Lipinski definition) is 2. The van der Waals surface area contributed by atoms with Crippen molar-refractivity contribution in [1.29, 1.82) is 0 Å². The van der Waals surface area contributed by atoms with Crippen molar-refractivity contribution < 1.29 is 14.7 Å². The molecule has 0 bridgehead atoms. The highest BCUT2D eigenvalue weighted by Crippen LogP contribution is 2.36. The van der Waals surface area contributed by atoms with Crippen LogP contribution in [0.25, 0.3) is 0 Å². The van der Waals surface area contributed by atoms with Crippen LogP contribution in [0.4, 0.5) is 0 Å². The molecule has 0 aromatic rings. The van der Waals surface area contributed by atoms with Crippen LogP contribution in [0.1, 0.15) is 58.8 Å². The minimum Gasteiger partial charge on any atom is -0.481 e. The molecule has 108 valence electrons. The fraction of sp³-hybridized carbons (Fsp3) is 0.867. The van der Waals surface area contributed by atoms with E-state index >= 15 is 0 Å². The first-order valence-electron chi connectivity index (χ1n) is 7.40. The molecule has 1 amide bonds. The Balaban J connectivity index is 1.83. The Morgan fingerprint density at radius 1 is 1.16 bits per heavy atom. The van der Waals surface area contributed by atoms with Gasteiger partial charge in [-0.2, -0.15) is 0 Å². The zero-order valence-electron chi connectivity index (χ0n) is 11.9. The maximum Gasteiger partial charge on any atom is 0.306 e. The number of carboxylic acid groups (broad SMARTS) is 1. The molecule has 2 aliphatic rings. The predicted octanol–water partition coefficient (Wildman–Crippen LogP) is 2.57. The largest absolute Gasteiger partial charge is 0.481 e. The number of carbonyl (C=O) groups is 2. The first kappa shape index (κ1) is 14.4. The van der Waals surface area contributed by atoms with Gasteiger partial charge in [-0.25, -0.2) is 0 Å². The van der Waals surface area contributed by atoms with E-state index in [-0.39, 0.29) is 23.8 Å². The van der Waals surface area contributed by atoms with Crippen molar-refractivity contribution in [3.8, 4) is 0 Å². The zero-order valence-corrected chi connectivity index (χ0v) is 11.9. The van der Waals surface area contributed by atoms with Gasteiger partial charge in [0.15, 0.2) is 0 Å². The summed E-state index contributed by atoms with van der Waals surface area (Å²) < 4.78 is 0. The lowest BCUT2D eigenvalue weighted by Gasteiger charge is -2.36. The molecule has 3 unspecified atom stereocenters. The maximum atomic E-state index is 12.2. The molecule has 4 heteroatoms. The van der Waals surface area contributed by atoms with Crippen LogP contribution in [0, 0.1) is 17.3 Å². The van der Waals surface area contributed by atoms with Gasteiger partial charge in [0.05, 0.1) is 5.92 Å². The Bertz CT molecular complexity index is 364. The van der Waals surface area contributed by atoms with E-state index in [1.54, 1.807) is 0 Å². The Morgan fingerprint density at radius 3 is 2.42 bits per heavy atom. The minimum atomic E-state index is -0.755. The Morgan fingerprint density at radius 2 is 1.84 bits per heavy atom. The molecular weight excluding hydrogens is 242 g/mol. The lowest BCUT2D eigenvalue weighted by Crippen LogP contribution is -2.42. The number of carboxylic acids is 1. The second-order valence-corrected chi connectivity index (χ2v) is 7.01. The van der Waals surface area contributed by atoms with E-state index in [1.807, 2.05) is 0 Å². The lowest BCUT2D eigenvalue weighted by atomic mass is 9.75. The fourth-order valence-corrected chi connectivity index (χ4v) is 3.58. The Kier molecular flexibility index (Phi) is 4.16. The summed E-state index contributed by atoms with van der Waals surface area (Å²) >= 11 is 0. The average Bonchev–Trinajstić information content (AvgIpc) is 2.76. The number of carbonyl (C=O) groups excluding carboxylic acids is 1. The molecule has 2 aliphatic carbocycles. The first-order chi connectivity index (χ1) is 8.87. The lowest BCUT2D eigenvalue weighted by molar-refractivity contribution is -0.141. The van der Waals surface area contributed by atoms with E-state index in [0.717, 1.165) is 19.3 Å². The van der Waals surface area contributed by atoms with Gasteiger partial charge in [-0.05, 0) is 43.9 Å². The molecule has 2 saturated carbocycles. The molecular formula is C15H25NO3. The van der Waals surface area contributed by atoms with Crippen LogP contribution in [0.2, 0.25) is 0 Å². The van der Waals surface area contributed by atoms with Crippen molar-refractivity contribution in [2.75, 3.05) is 0 Å². The second-order valence-electron chi connectivity index (χ2n) is 7.01. The van der Waals surface area contributed by atoms with Gasteiger partial charge in [-0.1, -0.05) is 20.3 Å². The normalized spacial score (nSPS) is 33.9. The van der Waals surface area contributed by atoms with Crippen LogP contribution in [0.15, 0.2) is 0 Å². The summed E-state index contributed by atoms with van der Waals surface area (Å²) in [6.45, 7) is 4.50. The van der Waals surface area contributed by atoms with Crippen LogP contribution < -0.4 is 5.32 Å². The van der Waals surface area contributed by atoms with Crippen molar-refractivity contribution in [2.24, 2.45) is 17.3 Å². The van der Waals surface area contributed by atoms with Gasteiger partial charge >= 0.3 is 5.97 Å². The molecule has 0 heterocycles. The maximum absolute atomic E-state index is 12.2. The third-order valence-electron chi connectivity index (χ3n) is 4.70. The van der Waals surface area contributed by atoms with E-state index in [9.17, 15) is 9.59 Å². The highest BCUT2D eigenvalue weighted by atomic mass is 16.4. The fourth-order valence-electron chi connectivity index (χ4n) is 3.58.